The Kier molecular flexibility index (Phi) is 3.46. The van der Waals surface area contributed by atoms with Crippen molar-refractivity contribution in [3.05, 3.63) is 22.1 Å². The smallest absolute Gasteiger partial charge is 0.267 e. The monoisotopic (exact) mass is 225 g/mol. The van der Waals surface area contributed by atoms with Crippen LogP contribution in [0.25, 0.3) is 0 Å². The zero-order valence-corrected chi connectivity index (χ0v) is 9.35. The Bertz CT molecular complexity index is 390. The molecule has 5 heteroatoms. The molecule has 0 radical (unpaired) electrons. The van der Waals surface area contributed by atoms with Crippen molar-refractivity contribution in [3.8, 4) is 0 Å². The van der Waals surface area contributed by atoms with Crippen molar-refractivity contribution in [2.75, 3.05) is 6.54 Å². The van der Waals surface area contributed by atoms with Gasteiger partial charge in [0.15, 0.2) is 0 Å². The molecule has 0 spiro atoms. The number of rotatable bonds is 3. The van der Waals surface area contributed by atoms with Crippen LogP contribution in [0.2, 0.25) is 0 Å². The molecule has 0 aliphatic heterocycles. The number of aliphatic hydroxyl groups excluding tert-OH is 1. The molecule has 0 bridgehead atoms. The van der Waals surface area contributed by atoms with E-state index in [0.29, 0.717) is 5.69 Å². The number of hydrogen-bond acceptors (Lipinski definition) is 3. The van der Waals surface area contributed by atoms with Gasteiger partial charge in [-0.3, -0.25) is 9.89 Å². The topological polar surface area (TPSA) is 84.0 Å². The van der Waals surface area contributed by atoms with Crippen molar-refractivity contribution in [1.82, 2.24) is 9.78 Å². The van der Waals surface area contributed by atoms with Crippen LogP contribution in [0, 0.1) is 0 Å². The van der Waals surface area contributed by atoms with E-state index >= 15 is 0 Å². The first-order valence-corrected chi connectivity index (χ1v) is 5.92. The fourth-order valence-electron chi connectivity index (χ4n) is 2.34. The predicted octanol–water partition coefficient (Wildman–Crippen LogP) is 0.674. The van der Waals surface area contributed by atoms with E-state index in [0.717, 1.165) is 12.8 Å². The molecule has 1 atom stereocenters. The van der Waals surface area contributed by atoms with Gasteiger partial charge in [-0.25, -0.2) is 4.68 Å². The zero-order valence-electron chi connectivity index (χ0n) is 9.35. The summed E-state index contributed by atoms with van der Waals surface area (Å²) in [7, 11) is 0. The van der Waals surface area contributed by atoms with Crippen molar-refractivity contribution >= 4 is 0 Å². The molecule has 1 heterocycles. The van der Waals surface area contributed by atoms with Crippen molar-refractivity contribution in [2.45, 2.75) is 44.2 Å². The van der Waals surface area contributed by atoms with Crippen molar-refractivity contribution in [3.63, 3.8) is 0 Å². The summed E-state index contributed by atoms with van der Waals surface area (Å²) in [4.78, 5) is 11.7. The molecule has 1 aromatic heterocycles. The fourth-order valence-corrected chi connectivity index (χ4v) is 2.34. The fraction of sp³-hybridized carbons (Fsp3) is 0.727. The third-order valence-electron chi connectivity index (χ3n) is 3.29. The van der Waals surface area contributed by atoms with Gasteiger partial charge in [-0.1, -0.05) is 19.3 Å². The highest BCUT2D eigenvalue weighted by Gasteiger charge is 2.19. The SMILES string of the molecule is NCC(O)c1cc(=O)n(C2CCCCC2)[nH]1. The highest BCUT2D eigenvalue weighted by atomic mass is 16.3. The second kappa shape index (κ2) is 4.84. The summed E-state index contributed by atoms with van der Waals surface area (Å²) in [5.41, 5.74) is 5.83. The minimum Gasteiger partial charge on any atom is -0.385 e. The van der Waals surface area contributed by atoms with E-state index < -0.39 is 6.10 Å². The van der Waals surface area contributed by atoms with E-state index in [2.05, 4.69) is 5.10 Å². The Morgan fingerprint density at radius 1 is 1.50 bits per heavy atom. The largest absolute Gasteiger partial charge is 0.385 e. The molecule has 90 valence electrons. The summed E-state index contributed by atoms with van der Waals surface area (Å²) >= 11 is 0. The quantitative estimate of drug-likeness (QED) is 0.707. The van der Waals surface area contributed by atoms with E-state index in [-0.39, 0.29) is 18.1 Å². The summed E-state index contributed by atoms with van der Waals surface area (Å²) in [5, 5.41) is 12.5. The molecule has 1 aliphatic rings. The Morgan fingerprint density at radius 2 is 2.19 bits per heavy atom. The summed E-state index contributed by atoms with van der Waals surface area (Å²) < 4.78 is 1.65. The Hall–Kier alpha value is -1.07. The molecule has 16 heavy (non-hydrogen) atoms. The first kappa shape index (κ1) is 11.4. The number of aromatic amines is 1. The molecular weight excluding hydrogens is 206 g/mol. The first-order chi connectivity index (χ1) is 7.72. The average Bonchev–Trinajstić information content (AvgIpc) is 2.71. The Morgan fingerprint density at radius 3 is 2.81 bits per heavy atom. The average molecular weight is 225 g/mol. The van der Waals surface area contributed by atoms with Gasteiger partial charge in [-0.15, -0.1) is 0 Å². The van der Waals surface area contributed by atoms with Crippen molar-refractivity contribution in [2.24, 2.45) is 5.73 Å². The van der Waals surface area contributed by atoms with Gasteiger partial charge in [0, 0.05) is 12.6 Å². The molecule has 0 aromatic carbocycles. The summed E-state index contributed by atoms with van der Waals surface area (Å²) in [5.74, 6) is 0. The molecule has 1 saturated carbocycles. The molecular formula is C11H19N3O2. The van der Waals surface area contributed by atoms with Crippen molar-refractivity contribution in [1.29, 1.82) is 0 Å². The van der Waals surface area contributed by atoms with Crippen LogP contribution in [0.1, 0.15) is 49.9 Å². The van der Waals surface area contributed by atoms with E-state index in [9.17, 15) is 9.90 Å². The molecule has 2 rings (SSSR count). The van der Waals surface area contributed by atoms with Gasteiger partial charge < -0.3 is 10.8 Å². The third kappa shape index (κ3) is 2.20. The van der Waals surface area contributed by atoms with Crippen LogP contribution < -0.4 is 11.3 Å². The highest BCUT2D eigenvalue weighted by Crippen LogP contribution is 2.26. The number of nitrogens with two attached hydrogens (primary N) is 1. The van der Waals surface area contributed by atoms with Gasteiger partial charge in [0.25, 0.3) is 5.56 Å². The molecule has 5 nitrogen and oxygen atoms in total. The summed E-state index contributed by atoms with van der Waals surface area (Å²) in [6, 6.07) is 1.71. The van der Waals surface area contributed by atoms with Crippen LogP contribution >= 0.6 is 0 Å². The first-order valence-electron chi connectivity index (χ1n) is 5.92. The molecule has 4 N–H and O–H groups in total. The van der Waals surface area contributed by atoms with Gasteiger partial charge in [-0.05, 0) is 12.8 Å². The lowest BCUT2D eigenvalue weighted by Gasteiger charge is -2.22. The molecule has 0 saturated heterocycles. The second-order valence-corrected chi connectivity index (χ2v) is 4.46. The maximum Gasteiger partial charge on any atom is 0.267 e. The van der Waals surface area contributed by atoms with Crippen LogP contribution in [0.5, 0.6) is 0 Å². The Labute approximate surface area is 94.2 Å². The standard InChI is InChI=1S/C11H19N3O2/c12-7-10(15)9-6-11(16)14(13-9)8-4-2-1-3-5-8/h6,8,10,13,15H,1-5,7,12H2. The minimum atomic E-state index is -0.766. The molecule has 0 amide bonds. The highest BCUT2D eigenvalue weighted by molar-refractivity contribution is 5.04. The van der Waals surface area contributed by atoms with Crippen LogP contribution in [0.3, 0.4) is 0 Å². The zero-order chi connectivity index (χ0) is 11.5. The number of H-pyrrole nitrogens is 1. The molecule has 1 aliphatic carbocycles. The predicted molar refractivity (Wildman–Crippen MR) is 61.2 cm³/mol. The van der Waals surface area contributed by atoms with Crippen LogP contribution in [-0.4, -0.2) is 21.4 Å². The summed E-state index contributed by atoms with van der Waals surface area (Å²) in [6.45, 7) is 0.130. The van der Waals surface area contributed by atoms with Gasteiger partial charge in [-0.2, -0.15) is 0 Å². The number of nitrogens with one attached hydrogen (secondary N) is 1. The van der Waals surface area contributed by atoms with Gasteiger partial charge in [0.2, 0.25) is 0 Å². The third-order valence-corrected chi connectivity index (χ3v) is 3.29. The number of aliphatic hydroxyl groups is 1. The normalized spacial score (nSPS) is 19.9. The van der Waals surface area contributed by atoms with Gasteiger partial charge >= 0.3 is 0 Å². The van der Waals surface area contributed by atoms with Crippen LogP contribution in [0.4, 0.5) is 0 Å². The van der Waals surface area contributed by atoms with Gasteiger partial charge in [0.05, 0.1) is 11.7 Å². The summed E-state index contributed by atoms with van der Waals surface area (Å²) in [6.07, 6.45) is 4.91. The van der Waals surface area contributed by atoms with Gasteiger partial charge in [0.1, 0.15) is 6.10 Å². The van der Waals surface area contributed by atoms with Crippen LogP contribution in [-0.2, 0) is 0 Å². The minimum absolute atomic E-state index is 0.0607. The lowest BCUT2D eigenvalue weighted by atomic mass is 9.96. The second-order valence-electron chi connectivity index (χ2n) is 4.46. The van der Waals surface area contributed by atoms with E-state index in [1.54, 1.807) is 4.68 Å². The maximum absolute atomic E-state index is 11.7. The van der Waals surface area contributed by atoms with Crippen LogP contribution in [0.15, 0.2) is 10.9 Å². The molecule has 1 unspecified atom stereocenters. The molecule has 1 aromatic rings. The number of nitrogens with zero attached hydrogens (tertiary/aromatic N) is 1. The number of hydrogen-bond donors (Lipinski definition) is 3. The van der Waals surface area contributed by atoms with E-state index in [4.69, 9.17) is 5.73 Å². The lowest BCUT2D eigenvalue weighted by Crippen LogP contribution is -2.24. The Balaban J connectivity index is 2.20. The van der Waals surface area contributed by atoms with Crippen molar-refractivity contribution < 1.29 is 5.11 Å². The maximum atomic E-state index is 11.7. The van der Waals surface area contributed by atoms with E-state index in [1.165, 1.54) is 25.3 Å². The lowest BCUT2D eigenvalue weighted by molar-refractivity contribution is 0.179. The molecule has 1 fully saturated rings. The number of aromatic nitrogens is 2. The van der Waals surface area contributed by atoms with E-state index in [1.807, 2.05) is 0 Å².